The largest absolute Gasteiger partial charge is 0.0956 e. The quantitative estimate of drug-likeness (QED) is 0.544. The number of hydrogen-bond acceptors (Lipinski definition) is 0. The summed E-state index contributed by atoms with van der Waals surface area (Å²) < 4.78 is 0. The maximum absolute atomic E-state index is 6.24. The maximum atomic E-state index is 6.24. The molecule has 0 bridgehead atoms. The second kappa shape index (κ2) is 7.47. The third kappa shape index (κ3) is 3.90. The zero-order valence-electron chi connectivity index (χ0n) is 13.6. The van der Waals surface area contributed by atoms with Crippen LogP contribution in [0.5, 0.6) is 0 Å². The van der Waals surface area contributed by atoms with Gasteiger partial charge in [-0.15, -0.1) is 0 Å². The van der Waals surface area contributed by atoms with Crippen molar-refractivity contribution in [3.63, 3.8) is 0 Å². The fourth-order valence-corrected chi connectivity index (χ4v) is 2.80. The van der Waals surface area contributed by atoms with Gasteiger partial charge in [0.05, 0.1) is 0 Å². The highest BCUT2D eigenvalue weighted by atomic mass is 35.5. The summed E-state index contributed by atoms with van der Waals surface area (Å²) in [5.74, 6) is 0. The topological polar surface area (TPSA) is 0 Å². The molecule has 0 nitrogen and oxygen atoms in total. The predicted molar refractivity (Wildman–Crippen MR) is 98.4 cm³/mol. The van der Waals surface area contributed by atoms with Crippen molar-refractivity contribution in [1.82, 2.24) is 0 Å². The van der Waals surface area contributed by atoms with E-state index >= 15 is 0 Å². The van der Waals surface area contributed by atoms with Crippen LogP contribution in [0.3, 0.4) is 0 Å². The van der Waals surface area contributed by atoms with Gasteiger partial charge in [0.25, 0.3) is 0 Å². The Morgan fingerprint density at radius 3 is 2.41 bits per heavy atom. The van der Waals surface area contributed by atoms with Gasteiger partial charge in [0.2, 0.25) is 0 Å². The molecule has 1 heteroatoms. The van der Waals surface area contributed by atoms with Crippen molar-refractivity contribution in [2.45, 2.75) is 33.6 Å². The molecular weight excluding hydrogens is 288 g/mol. The van der Waals surface area contributed by atoms with Crippen LogP contribution in [-0.2, 0) is 6.42 Å². The lowest BCUT2D eigenvalue weighted by atomic mass is 9.88. The first-order valence-electron chi connectivity index (χ1n) is 7.71. The summed E-state index contributed by atoms with van der Waals surface area (Å²) in [6.07, 6.45) is 1.86. The Morgan fingerprint density at radius 2 is 1.77 bits per heavy atom. The molecule has 0 unspecified atom stereocenters. The molecule has 0 spiro atoms. The van der Waals surface area contributed by atoms with Crippen LogP contribution in [0.1, 0.15) is 37.0 Å². The fraction of sp³-hybridized carbons (Fsp3) is 0.238. The Hall–Kier alpha value is -1.79. The van der Waals surface area contributed by atoms with E-state index in [4.69, 9.17) is 11.6 Å². The van der Waals surface area contributed by atoms with Crippen molar-refractivity contribution >= 4 is 17.2 Å². The molecule has 0 aliphatic heterocycles. The third-order valence-electron chi connectivity index (χ3n) is 4.16. The number of aryl methyl sites for hydroxylation is 1. The molecule has 0 fully saturated rings. The number of hydrogen-bond donors (Lipinski definition) is 0. The number of rotatable bonds is 5. The molecule has 114 valence electrons. The van der Waals surface area contributed by atoms with E-state index in [1.165, 1.54) is 33.4 Å². The number of allylic oxidation sites excluding steroid dienone is 3. The van der Waals surface area contributed by atoms with Crippen LogP contribution in [0.2, 0.25) is 5.02 Å². The normalized spacial score (nSPS) is 12.0. The van der Waals surface area contributed by atoms with E-state index in [9.17, 15) is 0 Å². The van der Waals surface area contributed by atoms with Crippen molar-refractivity contribution in [2.75, 3.05) is 0 Å². The standard InChI is InChI=1S/C21H23Cl/c1-5-15(2)17(4)21(13-18-9-7-6-8-10-18)20-14-19(22)12-11-16(20)3/h6-12,14H,2,5,13H2,1,3-4H3/b21-17+. The summed E-state index contributed by atoms with van der Waals surface area (Å²) in [5, 5.41) is 0.779. The average Bonchev–Trinajstić information content (AvgIpc) is 2.54. The summed E-state index contributed by atoms with van der Waals surface area (Å²) in [4.78, 5) is 0. The molecule has 2 rings (SSSR count). The lowest BCUT2D eigenvalue weighted by molar-refractivity contribution is 1.10. The second-order valence-corrected chi connectivity index (χ2v) is 6.12. The van der Waals surface area contributed by atoms with Crippen molar-refractivity contribution in [3.8, 4) is 0 Å². The Labute approximate surface area is 139 Å². The van der Waals surface area contributed by atoms with Gasteiger partial charge < -0.3 is 0 Å². The van der Waals surface area contributed by atoms with Gasteiger partial charge >= 0.3 is 0 Å². The van der Waals surface area contributed by atoms with Crippen molar-refractivity contribution in [1.29, 1.82) is 0 Å². The molecule has 0 aliphatic rings. The second-order valence-electron chi connectivity index (χ2n) is 5.68. The average molecular weight is 311 g/mol. The zero-order valence-corrected chi connectivity index (χ0v) is 14.4. The lowest BCUT2D eigenvalue weighted by Gasteiger charge is -2.17. The number of benzene rings is 2. The van der Waals surface area contributed by atoms with Crippen LogP contribution in [-0.4, -0.2) is 0 Å². The Balaban J connectivity index is 2.55. The summed E-state index contributed by atoms with van der Waals surface area (Å²) in [6.45, 7) is 10.7. The van der Waals surface area contributed by atoms with E-state index in [2.05, 4.69) is 69.8 Å². The van der Waals surface area contributed by atoms with Gasteiger partial charge in [-0.05, 0) is 66.7 Å². The van der Waals surface area contributed by atoms with E-state index in [-0.39, 0.29) is 0 Å². The van der Waals surface area contributed by atoms with Crippen LogP contribution in [0.25, 0.3) is 5.57 Å². The van der Waals surface area contributed by atoms with Crippen molar-refractivity contribution in [3.05, 3.63) is 88.0 Å². The van der Waals surface area contributed by atoms with E-state index in [0.717, 1.165) is 17.9 Å². The molecule has 0 amide bonds. The minimum absolute atomic E-state index is 0.779. The first kappa shape index (κ1) is 16.6. The molecule has 0 aliphatic carbocycles. The highest BCUT2D eigenvalue weighted by Crippen LogP contribution is 2.31. The van der Waals surface area contributed by atoms with Gasteiger partial charge in [0, 0.05) is 5.02 Å². The van der Waals surface area contributed by atoms with Crippen molar-refractivity contribution in [2.24, 2.45) is 0 Å². The molecular formula is C21H23Cl. The molecule has 2 aromatic carbocycles. The minimum Gasteiger partial charge on any atom is -0.0956 e. The fourth-order valence-electron chi connectivity index (χ4n) is 2.63. The monoisotopic (exact) mass is 310 g/mol. The van der Waals surface area contributed by atoms with Crippen LogP contribution in [0.15, 0.2) is 66.3 Å². The first-order chi connectivity index (χ1) is 10.5. The highest BCUT2D eigenvalue weighted by Gasteiger charge is 2.12. The van der Waals surface area contributed by atoms with E-state index < -0.39 is 0 Å². The predicted octanol–water partition coefficient (Wildman–Crippen LogP) is 6.63. The molecule has 22 heavy (non-hydrogen) atoms. The van der Waals surface area contributed by atoms with E-state index in [1.54, 1.807) is 0 Å². The summed E-state index contributed by atoms with van der Waals surface area (Å²) in [5.41, 5.74) is 7.56. The Bertz CT molecular complexity index is 693. The Kier molecular flexibility index (Phi) is 5.63. The van der Waals surface area contributed by atoms with Gasteiger partial charge in [-0.1, -0.05) is 67.1 Å². The molecule has 0 N–H and O–H groups in total. The molecule has 0 saturated heterocycles. The SMILES string of the molecule is C=C(CC)/C(C)=C(\Cc1ccccc1)c1cc(Cl)ccc1C. The number of halogens is 1. The lowest BCUT2D eigenvalue weighted by Crippen LogP contribution is -1.99. The van der Waals surface area contributed by atoms with Crippen LogP contribution < -0.4 is 0 Å². The third-order valence-corrected chi connectivity index (χ3v) is 4.39. The van der Waals surface area contributed by atoms with Gasteiger partial charge in [-0.25, -0.2) is 0 Å². The van der Waals surface area contributed by atoms with Gasteiger partial charge in [-0.3, -0.25) is 0 Å². The van der Waals surface area contributed by atoms with Crippen LogP contribution in [0.4, 0.5) is 0 Å². The molecule has 0 aromatic heterocycles. The molecule has 0 heterocycles. The maximum Gasteiger partial charge on any atom is 0.0412 e. The molecule has 0 atom stereocenters. The van der Waals surface area contributed by atoms with Gasteiger partial charge in [-0.2, -0.15) is 0 Å². The van der Waals surface area contributed by atoms with E-state index in [1.807, 2.05) is 6.07 Å². The smallest absolute Gasteiger partial charge is 0.0412 e. The zero-order chi connectivity index (χ0) is 16.1. The summed E-state index contributed by atoms with van der Waals surface area (Å²) in [7, 11) is 0. The van der Waals surface area contributed by atoms with Gasteiger partial charge in [0.1, 0.15) is 0 Å². The van der Waals surface area contributed by atoms with Crippen LogP contribution >= 0.6 is 11.6 Å². The molecule has 2 aromatic rings. The molecule has 0 radical (unpaired) electrons. The summed E-state index contributed by atoms with van der Waals surface area (Å²) >= 11 is 6.24. The van der Waals surface area contributed by atoms with Crippen LogP contribution in [0, 0.1) is 6.92 Å². The first-order valence-corrected chi connectivity index (χ1v) is 8.09. The van der Waals surface area contributed by atoms with Gasteiger partial charge in [0.15, 0.2) is 0 Å². The van der Waals surface area contributed by atoms with Crippen molar-refractivity contribution < 1.29 is 0 Å². The van der Waals surface area contributed by atoms with E-state index in [0.29, 0.717) is 0 Å². The molecule has 0 saturated carbocycles. The Morgan fingerprint density at radius 1 is 1.09 bits per heavy atom. The highest BCUT2D eigenvalue weighted by molar-refractivity contribution is 6.30. The summed E-state index contributed by atoms with van der Waals surface area (Å²) in [6, 6.07) is 16.7. The minimum atomic E-state index is 0.779.